The first-order chi connectivity index (χ1) is 13.0. The molecule has 1 saturated carbocycles. The van der Waals surface area contributed by atoms with Gasteiger partial charge in [0.1, 0.15) is 11.4 Å². The highest BCUT2D eigenvalue weighted by Crippen LogP contribution is 2.32. The number of hydrogen-bond acceptors (Lipinski definition) is 4. The van der Waals surface area contributed by atoms with E-state index in [0.717, 1.165) is 8.87 Å². The topological polar surface area (TPSA) is 72.3 Å². The summed E-state index contributed by atoms with van der Waals surface area (Å²) in [4.78, 5) is 16.6. The Bertz CT molecular complexity index is 981. The third-order valence-corrected chi connectivity index (χ3v) is 6.59. The molecule has 0 aliphatic heterocycles. The summed E-state index contributed by atoms with van der Waals surface area (Å²) in [6.07, 6.45) is -0.482. The Morgan fingerprint density at radius 2 is 2.00 bits per heavy atom. The van der Waals surface area contributed by atoms with Crippen LogP contribution in [0.5, 0.6) is 0 Å². The van der Waals surface area contributed by atoms with Gasteiger partial charge in [0.25, 0.3) is 0 Å². The highest BCUT2D eigenvalue weighted by Gasteiger charge is 2.40. The third-order valence-electron chi connectivity index (χ3n) is 4.71. The predicted octanol–water partition coefficient (Wildman–Crippen LogP) is 3.10. The van der Waals surface area contributed by atoms with Crippen LogP contribution in [0.1, 0.15) is 34.6 Å². The maximum absolute atomic E-state index is 12.9. The lowest BCUT2D eigenvalue weighted by Gasteiger charge is -2.21. The molecule has 0 bridgehead atoms. The first-order valence-corrected chi connectivity index (χ1v) is 10.1. The molecular weight excluding hydrogens is 395 g/mol. The van der Waals surface area contributed by atoms with E-state index in [0.29, 0.717) is 18.5 Å². The third kappa shape index (κ3) is 4.27. The Kier molecular flexibility index (Phi) is 5.37. The Balaban J connectivity index is 1.88. The number of Topliss-reactive ketones (excluding diaryl/α,β-unsaturated/α-hetero) is 1. The van der Waals surface area contributed by atoms with E-state index in [1.807, 2.05) is 0 Å². The molecule has 2 aromatic rings. The fourth-order valence-corrected chi connectivity index (χ4v) is 4.75. The number of carbonyl (C=O) groups excluding carboxylic acids is 1. The summed E-state index contributed by atoms with van der Waals surface area (Å²) in [5.41, 5.74) is 0.578. The van der Waals surface area contributed by atoms with E-state index in [2.05, 4.69) is 4.98 Å². The molecule has 0 radical (unpaired) electrons. The summed E-state index contributed by atoms with van der Waals surface area (Å²) in [6.45, 7) is 1.31. The summed E-state index contributed by atoms with van der Waals surface area (Å²) >= 11 is 0. The van der Waals surface area contributed by atoms with Crippen LogP contribution in [0.4, 0.5) is 13.2 Å². The van der Waals surface area contributed by atoms with E-state index >= 15 is 0 Å². The van der Waals surface area contributed by atoms with Crippen LogP contribution in [0.2, 0.25) is 0 Å². The molecule has 3 rings (SSSR count). The molecule has 0 saturated heterocycles. The van der Waals surface area contributed by atoms with Crippen molar-refractivity contribution in [3.8, 4) is 0 Å². The van der Waals surface area contributed by atoms with Crippen LogP contribution in [0.25, 0.3) is 0 Å². The van der Waals surface area contributed by atoms with Crippen LogP contribution < -0.4 is 0 Å². The standard InChI is InChI=1S/C18H20F3N3O3S/c1-12-8-16(13(2)23(12)11-18(19,20)21)17(25)10-24(14-5-6-14)28(26,27)15-4-3-7-22-9-15/h3-4,7-9,14H,5-6,10-11H2,1-2H3. The van der Waals surface area contributed by atoms with Crippen LogP contribution in [0.15, 0.2) is 35.5 Å². The summed E-state index contributed by atoms with van der Waals surface area (Å²) in [7, 11) is -3.92. The largest absolute Gasteiger partial charge is 0.406 e. The van der Waals surface area contributed by atoms with Crippen molar-refractivity contribution in [1.82, 2.24) is 13.9 Å². The predicted molar refractivity (Wildman–Crippen MR) is 95.4 cm³/mol. The molecular formula is C18H20F3N3O3S. The number of rotatable bonds is 7. The van der Waals surface area contributed by atoms with E-state index < -0.39 is 35.1 Å². The van der Waals surface area contributed by atoms with Gasteiger partial charge < -0.3 is 4.57 Å². The van der Waals surface area contributed by atoms with Crippen molar-refractivity contribution in [2.24, 2.45) is 0 Å². The molecule has 2 aromatic heterocycles. The molecule has 0 spiro atoms. The Labute approximate surface area is 161 Å². The minimum Gasteiger partial charge on any atom is -0.339 e. The van der Waals surface area contributed by atoms with Crippen molar-refractivity contribution in [1.29, 1.82) is 0 Å². The van der Waals surface area contributed by atoms with Gasteiger partial charge in [-0.2, -0.15) is 17.5 Å². The number of halogens is 3. The molecule has 1 aliphatic rings. The zero-order valence-corrected chi connectivity index (χ0v) is 16.2. The van der Waals surface area contributed by atoms with Crippen molar-refractivity contribution < 1.29 is 26.4 Å². The van der Waals surface area contributed by atoms with E-state index in [1.165, 1.54) is 44.4 Å². The highest BCUT2D eigenvalue weighted by molar-refractivity contribution is 7.89. The first kappa shape index (κ1) is 20.5. The van der Waals surface area contributed by atoms with E-state index in [1.54, 1.807) is 0 Å². The lowest BCUT2D eigenvalue weighted by molar-refractivity contribution is -0.141. The highest BCUT2D eigenvalue weighted by atomic mass is 32.2. The normalized spacial score (nSPS) is 15.2. The van der Waals surface area contributed by atoms with E-state index in [-0.39, 0.29) is 22.2 Å². The summed E-state index contributed by atoms with van der Waals surface area (Å²) < 4.78 is 66.3. The second-order valence-electron chi connectivity index (χ2n) is 6.88. The van der Waals surface area contributed by atoms with Gasteiger partial charge in [-0.3, -0.25) is 9.78 Å². The lowest BCUT2D eigenvalue weighted by atomic mass is 10.1. The van der Waals surface area contributed by atoms with Crippen LogP contribution in [-0.4, -0.2) is 46.8 Å². The van der Waals surface area contributed by atoms with Gasteiger partial charge in [0.15, 0.2) is 5.78 Å². The number of carbonyl (C=O) groups is 1. The van der Waals surface area contributed by atoms with E-state index in [9.17, 15) is 26.4 Å². The molecule has 0 atom stereocenters. The summed E-state index contributed by atoms with van der Waals surface area (Å²) in [6, 6.07) is 3.99. The first-order valence-electron chi connectivity index (χ1n) is 8.69. The Morgan fingerprint density at radius 1 is 1.32 bits per heavy atom. The number of sulfonamides is 1. The fraction of sp³-hybridized carbons (Fsp3) is 0.444. The quantitative estimate of drug-likeness (QED) is 0.652. The average Bonchev–Trinajstić information content (AvgIpc) is 3.42. The van der Waals surface area contributed by atoms with Gasteiger partial charge in [0.05, 0.1) is 6.54 Å². The number of pyridine rings is 1. The smallest absolute Gasteiger partial charge is 0.339 e. The molecule has 1 fully saturated rings. The summed E-state index contributed by atoms with van der Waals surface area (Å²) in [5.74, 6) is -0.527. The number of aromatic nitrogens is 2. The number of hydrogen-bond donors (Lipinski definition) is 0. The maximum atomic E-state index is 12.9. The van der Waals surface area contributed by atoms with Gasteiger partial charge in [-0.1, -0.05) is 0 Å². The molecule has 0 aromatic carbocycles. The van der Waals surface area contributed by atoms with Crippen LogP contribution in [0, 0.1) is 13.8 Å². The monoisotopic (exact) mass is 415 g/mol. The van der Waals surface area contributed by atoms with Crippen molar-refractivity contribution in [3.63, 3.8) is 0 Å². The Morgan fingerprint density at radius 3 is 2.54 bits per heavy atom. The van der Waals surface area contributed by atoms with Gasteiger partial charge in [0.2, 0.25) is 10.0 Å². The minimum atomic E-state index is -4.42. The number of ketones is 1. The van der Waals surface area contributed by atoms with Gasteiger partial charge in [-0.15, -0.1) is 0 Å². The molecule has 6 nitrogen and oxygen atoms in total. The second-order valence-corrected chi connectivity index (χ2v) is 8.77. The van der Waals surface area contributed by atoms with Crippen LogP contribution in [-0.2, 0) is 16.6 Å². The van der Waals surface area contributed by atoms with Gasteiger partial charge in [0, 0.05) is 35.4 Å². The van der Waals surface area contributed by atoms with Gasteiger partial charge in [-0.25, -0.2) is 8.42 Å². The summed E-state index contributed by atoms with van der Waals surface area (Å²) in [5, 5.41) is 0. The van der Waals surface area contributed by atoms with Gasteiger partial charge in [-0.05, 0) is 44.9 Å². The van der Waals surface area contributed by atoms with Gasteiger partial charge >= 0.3 is 6.18 Å². The average molecular weight is 415 g/mol. The molecule has 152 valence electrons. The molecule has 0 unspecified atom stereocenters. The molecule has 0 amide bonds. The minimum absolute atomic E-state index is 0.0164. The zero-order chi connectivity index (χ0) is 20.7. The second kappa shape index (κ2) is 7.32. The van der Waals surface area contributed by atoms with Crippen molar-refractivity contribution >= 4 is 15.8 Å². The molecule has 10 heteroatoms. The molecule has 28 heavy (non-hydrogen) atoms. The number of alkyl halides is 3. The lowest BCUT2D eigenvalue weighted by Crippen LogP contribution is -2.37. The fourth-order valence-electron chi connectivity index (χ4n) is 3.14. The van der Waals surface area contributed by atoms with Crippen LogP contribution >= 0.6 is 0 Å². The number of nitrogens with zero attached hydrogens (tertiary/aromatic N) is 3. The van der Waals surface area contributed by atoms with Crippen molar-refractivity contribution in [2.45, 2.75) is 50.3 Å². The molecule has 2 heterocycles. The zero-order valence-electron chi connectivity index (χ0n) is 15.4. The van der Waals surface area contributed by atoms with Crippen LogP contribution in [0.3, 0.4) is 0 Å². The van der Waals surface area contributed by atoms with Crippen molar-refractivity contribution in [3.05, 3.63) is 47.5 Å². The molecule has 1 aliphatic carbocycles. The Hall–Kier alpha value is -2.20. The van der Waals surface area contributed by atoms with Crippen molar-refractivity contribution in [2.75, 3.05) is 6.54 Å². The maximum Gasteiger partial charge on any atom is 0.406 e. The SMILES string of the molecule is Cc1cc(C(=O)CN(C2CC2)S(=O)(=O)c2cccnc2)c(C)n1CC(F)(F)F. The van der Waals surface area contributed by atoms with E-state index in [4.69, 9.17) is 0 Å². The molecule has 0 N–H and O–H groups in total. The number of aryl methyl sites for hydroxylation is 1.